The van der Waals surface area contributed by atoms with E-state index in [0.29, 0.717) is 72.8 Å². The summed E-state index contributed by atoms with van der Waals surface area (Å²) < 4.78 is 5.91. The third kappa shape index (κ3) is 9.03. The number of carbonyl (C=O) groups excluding carboxylic acids is 1. The Kier molecular flexibility index (Phi) is 13.6. The monoisotopic (exact) mass is 925 g/mol. The maximum Gasteiger partial charge on any atom is 0.336 e. The number of aromatic hydroxyl groups is 1. The van der Waals surface area contributed by atoms with Crippen LogP contribution in [0.3, 0.4) is 0 Å². The quantitative estimate of drug-likeness (QED) is 0.0341. The highest BCUT2D eigenvalue weighted by Gasteiger charge is 2.65. The first kappa shape index (κ1) is 47.4. The van der Waals surface area contributed by atoms with Crippen molar-refractivity contribution in [3.8, 4) is 28.2 Å². The predicted molar refractivity (Wildman–Crippen MR) is 253 cm³/mol. The van der Waals surface area contributed by atoms with Crippen molar-refractivity contribution in [2.75, 3.05) is 11.9 Å². The molecule has 0 bridgehead atoms. The molecule has 12 atom stereocenters. The van der Waals surface area contributed by atoms with Gasteiger partial charge in [-0.3, -0.25) is 9.59 Å². The molecule has 14 nitrogen and oxygen atoms in total. The van der Waals surface area contributed by atoms with Crippen LogP contribution in [0.25, 0.3) is 33.4 Å². The summed E-state index contributed by atoms with van der Waals surface area (Å²) in [6.45, 7) is 7.04. The van der Waals surface area contributed by atoms with Crippen LogP contribution in [0.15, 0.2) is 63.8 Å². The van der Waals surface area contributed by atoms with Gasteiger partial charge in [-0.1, -0.05) is 26.8 Å². The fraction of sp³-hybridized carbons (Fsp3) is 0.549. The third-order valence-corrected chi connectivity index (χ3v) is 16.9. The van der Waals surface area contributed by atoms with Crippen LogP contribution in [0.4, 0.5) is 5.69 Å². The maximum atomic E-state index is 13.2. The van der Waals surface area contributed by atoms with Gasteiger partial charge in [-0.05, 0) is 171 Å². The molecular formula is C51H63N3O11S. The van der Waals surface area contributed by atoms with E-state index in [1.54, 1.807) is 24.3 Å². The number of amides is 1. The number of nitrogens with one attached hydrogen (secondary N) is 3. The van der Waals surface area contributed by atoms with Crippen LogP contribution in [-0.2, 0) is 9.59 Å². The molecule has 8 rings (SSSR count). The second-order valence-corrected chi connectivity index (χ2v) is 20.7. The van der Waals surface area contributed by atoms with E-state index in [2.05, 4.69) is 36.7 Å². The molecule has 0 radical (unpaired) electrons. The molecule has 5 aliphatic carbocycles. The minimum absolute atomic E-state index is 0.00554. The van der Waals surface area contributed by atoms with Crippen LogP contribution in [0.2, 0.25) is 0 Å². The number of anilines is 1. The number of aliphatic carboxylic acids is 1. The molecule has 15 heteroatoms. The highest BCUT2D eigenvalue weighted by molar-refractivity contribution is 7.80. The average molecular weight is 926 g/mol. The normalized spacial score (nSPS) is 30.1. The molecule has 66 heavy (non-hydrogen) atoms. The van der Waals surface area contributed by atoms with Crippen LogP contribution in [0.5, 0.6) is 5.75 Å². The molecule has 4 saturated carbocycles. The van der Waals surface area contributed by atoms with Gasteiger partial charge in [0.2, 0.25) is 5.91 Å². The summed E-state index contributed by atoms with van der Waals surface area (Å²) in [4.78, 5) is 50.2. The van der Waals surface area contributed by atoms with Crippen molar-refractivity contribution in [1.29, 1.82) is 0 Å². The maximum absolute atomic E-state index is 13.2. The summed E-state index contributed by atoms with van der Waals surface area (Å²) in [6.07, 6.45) is 6.24. The highest BCUT2D eigenvalue weighted by atomic mass is 32.1. The summed E-state index contributed by atoms with van der Waals surface area (Å²) in [5.41, 5.74) is 1.38. The first-order valence-electron chi connectivity index (χ1n) is 23.6. The van der Waals surface area contributed by atoms with E-state index < -0.39 is 30.2 Å². The fourth-order valence-electron chi connectivity index (χ4n) is 13.2. The summed E-state index contributed by atoms with van der Waals surface area (Å²) >= 11 is 5.50. The molecule has 6 aliphatic rings. The molecule has 1 amide bonds. The van der Waals surface area contributed by atoms with Crippen molar-refractivity contribution in [3.05, 3.63) is 70.4 Å². The first-order chi connectivity index (χ1) is 31.4. The van der Waals surface area contributed by atoms with E-state index in [9.17, 15) is 49.8 Å². The fourth-order valence-corrected chi connectivity index (χ4v) is 13.5. The molecular weight excluding hydrogens is 863 g/mol. The Hall–Kier alpha value is -5.09. The number of aliphatic hydroxyl groups is 3. The summed E-state index contributed by atoms with van der Waals surface area (Å²) in [5.74, 6) is -1.43. The number of phenolic OH excluding ortho intramolecular Hbond substituents is 1. The van der Waals surface area contributed by atoms with Gasteiger partial charge in [0.15, 0.2) is 10.5 Å². The number of aliphatic hydroxyl groups excluding tert-OH is 3. The number of hydrogen-bond acceptors (Lipinski definition) is 10. The van der Waals surface area contributed by atoms with Gasteiger partial charge in [-0.25, -0.2) is 9.59 Å². The molecule has 0 unspecified atom stereocenters. The molecule has 1 aliphatic heterocycles. The Morgan fingerprint density at radius 2 is 1.67 bits per heavy atom. The summed E-state index contributed by atoms with van der Waals surface area (Å²) in [7, 11) is 0. The summed E-state index contributed by atoms with van der Waals surface area (Å²) in [6, 6.07) is 12.5. The molecule has 9 N–H and O–H groups in total. The molecule has 0 saturated heterocycles. The van der Waals surface area contributed by atoms with Crippen LogP contribution in [0, 0.1) is 46.3 Å². The zero-order valence-electron chi connectivity index (χ0n) is 37.8. The number of carboxylic acids is 2. The van der Waals surface area contributed by atoms with Gasteiger partial charge in [-0.15, -0.1) is 0 Å². The largest absolute Gasteiger partial charge is 0.508 e. The molecule has 2 aromatic rings. The molecule has 4 fully saturated rings. The highest BCUT2D eigenvalue weighted by Crippen LogP contribution is 2.68. The standard InChI is InChI=1S/C51H63N3O11S/c1-26(36-14-15-37-46-38(25-43(59)51(36,37)3)50(2)18-17-31(57)20-27(50)21-40(46)58)7-16-44(60)54-39(48(63)64)6-4-5-19-52-49(66)53-28-8-11-32(35(22-28)47(61)62)45-33-12-9-29(55)23-41(33)65-42-24-30(56)10-13-34(42)45/h8-13,22-24,26-27,31,36-40,43,46,55,57-59H,4-7,14-21,25H2,1-3H3,(H,54,60)(H,61,62)(H,63,64)(H2,52,53,66)/t26-,27+,31-,36-,37+,38+,39+,40-,43+,46+,50+,51-/m1/s1. The number of aromatic carboxylic acids is 1. The van der Waals surface area contributed by atoms with E-state index in [1.807, 2.05) is 0 Å². The zero-order chi connectivity index (χ0) is 47.2. The molecule has 354 valence electrons. The van der Waals surface area contributed by atoms with Gasteiger partial charge in [0, 0.05) is 47.3 Å². The second kappa shape index (κ2) is 18.9. The van der Waals surface area contributed by atoms with Gasteiger partial charge >= 0.3 is 11.9 Å². The van der Waals surface area contributed by atoms with Crippen molar-refractivity contribution < 1.29 is 49.4 Å². The topological polar surface area (TPSA) is 239 Å². The average Bonchev–Trinajstić information content (AvgIpc) is 3.63. The molecule has 2 aromatic carbocycles. The van der Waals surface area contributed by atoms with Gasteiger partial charge in [0.05, 0.1) is 23.9 Å². The Morgan fingerprint density at radius 3 is 2.42 bits per heavy atom. The lowest BCUT2D eigenvalue weighted by atomic mass is 9.43. The number of carboxylic acid groups (broad SMARTS) is 2. The second-order valence-electron chi connectivity index (χ2n) is 20.3. The zero-order valence-corrected chi connectivity index (χ0v) is 38.6. The number of unbranched alkanes of at least 4 members (excludes halogenated alkanes) is 1. The Bertz CT molecular complexity index is 2530. The van der Waals surface area contributed by atoms with Crippen LogP contribution < -0.4 is 21.4 Å². The van der Waals surface area contributed by atoms with E-state index in [1.165, 1.54) is 30.3 Å². The minimum Gasteiger partial charge on any atom is -0.508 e. The van der Waals surface area contributed by atoms with Crippen molar-refractivity contribution in [3.63, 3.8) is 0 Å². The van der Waals surface area contributed by atoms with Crippen LogP contribution in [0.1, 0.15) is 108 Å². The lowest BCUT2D eigenvalue weighted by molar-refractivity contribution is -0.207. The third-order valence-electron chi connectivity index (χ3n) is 16.6. The van der Waals surface area contributed by atoms with E-state index in [-0.39, 0.29) is 104 Å². The van der Waals surface area contributed by atoms with Gasteiger partial charge < -0.3 is 51.0 Å². The van der Waals surface area contributed by atoms with Crippen molar-refractivity contribution in [2.45, 2.75) is 122 Å². The number of benzene rings is 3. The minimum atomic E-state index is -1.20. The van der Waals surface area contributed by atoms with Crippen LogP contribution >= 0.6 is 12.2 Å². The van der Waals surface area contributed by atoms with E-state index >= 15 is 0 Å². The Balaban J connectivity index is 0.814. The van der Waals surface area contributed by atoms with Gasteiger partial charge in [-0.2, -0.15) is 0 Å². The SMILES string of the molecule is C[C@H](CCC(=O)N[C@@H](CCCCNC(=S)Nc1ccc(-c2c3ccc(=O)cc-3oc3cc(O)ccc23)c(C(=O)O)c1)C(=O)O)[C@H]1CC[C@H]2[C@@H]3[C@H](O)C[C@@H]4C[C@H](O)CC[C@]4(C)[C@H]3C[C@H](O)[C@]12C. The molecule has 1 heterocycles. The van der Waals surface area contributed by atoms with Crippen molar-refractivity contribution in [2.24, 2.45) is 46.3 Å². The first-order valence-corrected chi connectivity index (χ1v) is 24.0. The summed E-state index contributed by atoms with van der Waals surface area (Å²) in [5, 5.41) is 74.0. The van der Waals surface area contributed by atoms with Crippen molar-refractivity contribution >= 4 is 51.8 Å². The lowest BCUT2D eigenvalue weighted by Gasteiger charge is -2.63. The Morgan fingerprint density at radius 1 is 0.894 bits per heavy atom. The number of rotatable bonds is 14. The number of thiocarbonyl (C=S) groups is 1. The number of phenols is 1. The van der Waals surface area contributed by atoms with Gasteiger partial charge in [0.1, 0.15) is 23.1 Å². The van der Waals surface area contributed by atoms with E-state index in [4.69, 9.17) is 16.6 Å². The van der Waals surface area contributed by atoms with Crippen molar-refractivity contribution in [1.82, 2.24) is 10.6 Å². The smallest absolute Gasteiger partial charge is 0.336 e. The number of hydrogen-bond donors (Lipinski definition) is 9. The Labute approximate surface area is 389 Å². The van der Waals surface area contributed by atoms with Gasteiger partial charge in [0.25, 0.3) is 0 Å². The lowest BCUT2D eigenvalue weighted by Crippen LogP contribution is -2.62. The number of carbonyl (C=O) groups is 3. The molecule has 0 spiro atoms. The predicted octanol–water partition coefficient (Wildman–Crippen LogP) is 7.37. The molecule has 0 aromatic heterocycles. The number of fused-ring (bicyclic) bond motifs is 7. The van der Waals surface area contributed by atoms with E-state index in [0.717, 1.165) is 25.7 Å². The van der Waals surface area contributed by atoms with Crippen LogP contribution in [-0.4, -0.2) is 84.5 Å².